The lowest BCUT2D eigenvalue weighted by Crippen LogP contribution is -2.28. The van der Waals surface area contributed by atoms with E-state index in [-0.39, 0.29) is 33.6 Å². The summed E-state index contributed by atoms with van der Waals surface area (Å²) in [6.45, 7) is 7.11. The maximum Gasteiger partial charge on any atom is 0.534 e. The number of carbonyl (C=O) groups is 1. The highest BCUT2D eigenvalue weighted by atomic mass is 32.2. The highest BCUT2D eigenvalue weighted by Gasteiger charge is 2.49. The molecule has 0 spiro atoms. The molecule has 0 aliphatic heterocycles. The van der Waals surface area contributed by atoms with E-state index < -0.39 is 27.3 Å². The van der Waals surface area contributed by atoms with E-state index in [1.54, 1.807) is 38.1 Å². The average Bonchev–Trinajstić information content (AvgIpc) is 3.11. The van der Waals surface area contributed by atoms with Crippen LogP contribution in [-0.4, -0.2) is 39.2 Å². The van der Waals surface area contributed by atoms with E-state index >= 15 is 0 Å². The molecule has 0 aliphatic carbocycles. The van der Waals surface area contributed by atoms with Gasteiger partial charge in [0.2, 0.25) is 0 Å². The van der Waals surface area contributed by atoms with Gasteiger partial charge in [-0.05, 0) is 63.6 Å². The molecule has 0 unspecified atom stereocenters. The molecule has 0 atom stereocenters. The fraction of sp³-hybridized carbons (Fsp3) is 0.348. The first-order chi connectivity index (χ1) is 16.2. The molecule has 35 heavy (non-hydrogen) atoms. The van der Waals surface area contributed by atoms with Crippen molar-refractivity contribution in [1.82, 2.24) is 0 Å². The molecule has 3 rings (SSSR count). The number of rotatable bonds is 8. The van der Waals surface area contributed by atoms with Gasteiger partial charge < -0.3 is 18.4 Å². The Kier molecular flexibility index (Phi) is 7.56. The Morgan fingerprint density at radius 3 is 2.03 bits per heavy atom. The van der Waals surface area contributed by atoms with Gasteiger partial charge in [0.25, 0.3) is 0 Å². The van der Waals surface area contributed by atoms with Crippen molar-refractivity contribution in [3.63, 3.8) is 0 Å². The maximum atomic E-state index is 13.1. The summed E-state index contributed by atoms with van der Waals surface area (Å²) in [5, 5.41) is -0.136. The first-order valence-electron chi connectivity index (χ1n) is 10.4. The molecule has 0 aliphatic rings. The fourth-order valence-electron chi connectivity index (χ4n) is 3.20. The Bertz CT molecular complexity index is 1330. The lowest BCUT2D eigenvalue weighted by molar-refractivity contribution is -0.0499. The Hall–Kier alpha value is -2.99. The number of ether oxygens (including phenoxy) is 3. The van der Waals surface area contributed by atoms with Gasteiger partial charge in [-0.3, -0.25) is 0 Å². The molecule has 0 N–H and O–H groups in total. The second kappa shape index (κ2) is 9.94. The summed E-state index contributed by atoms with van der Waals surface area (Å²) in [5.74, 6) is -0.916. The minimum atomic E-state index is -6.03. The molecule has 0 radical (unpaired) electrons. The van der Waals surface area contributed by atoms with Crippen LogP contribution in [0.3, 0.4) is 0 Å². The topological polar surface area (TPSA) is 88.1 Å². The Labute approximate surface area is 204 Å². The summed E-state index contributed by atoms with van der Waals surface area (Å²) in [5.41, 5.74) is -5.27. The normalized spacial score (nSPS) is 12.3. The van der Waals surface area contributed by atoms with Crippen molar-refractivity contribution in [3.8, 4) is 27.7 Å². The van der Waals surface area contributed by atoms with Crippen molar-refractivity contribution in [1.29, 1.82) is 0 Å². The van der Waals surface area contributed by atoms with Crippen LogP contribution in [0, 0.1) is 0 Å². The van der Waals surface area contributed by atoms with E-state index in [1.807, 2.05) is 13.8 Å². The van der Waals surface area contributed by atoms with Crippen LogP contribution in [0.2, 0.25) is 0 Å². The number of fused-ring (bicyclic) bond motifs is 1. The summed E-state index contributed by atoms with van der Waals surface area (Å²) in [7, 11) is -4.92. The summed E-state index contributed by atoms with van der Waals surface area (Å²) in [6.07, 6.45) is -0.432. The second-order valence-electron chi connectivity index (χ2n) is 7.93. The monoisotopic (exact) mass is 532 g/mol. The number of methoxy groups -OCH3 is 1. The number of hydrogen-bond donors (Lipinski definition) is 0. The smallest absolute Gasteiger partial charge is 0.491 e. The van der Waals surface area contributed by atoms with E-state index in [1.165, 1.54) is 6.07 Å². The van der Waals surface area contributed by atoms with Crippen LogP contribution in [0.5, 0.6) is 17.2 Å². The number of hydrogen-bond acceptors (Lipinski definition) is 8. The van der Waals surface area contributed by atoms with E-state index in [4.69, 9.17) is 14.2 Å². The first-order valence-corrected chi connectivity index (χ1v) is 12.6. The number of carbonyl (C=O) groups excluding carboxylic acids is 1. The van der Waals surface area contributed by atoms with Crippen LogP contribution in [-0.2, 0) is 14.9 Å². The van der Waals surface area contributed by atoms with Gasteiger partial charge in [-0.2, -0.15) is 21.6 Å². The van der Waals surface area contributed by atoms with Gasteiger partial charge in [-0.1, -0.05) is 0 Å². The van der Waals surface area contributed by atoms with Crippen LogP contribution in [0.15, 0.2) is 36.4 Å². The molecular formula is C23H23F3O7S2. The van der Waals surface area contributed by atoms with Crippen molar-refractivity contribution >= 4 is 37.5 Å². The summed E-state index contributed by atoms with van der Waals surface area (Å²) in [6, 6.07) is 9.22. The second-order valence-corrected chi connectivity index (χ2v) is 10.5. The number of benzene rings is 2. The van der Waals surface area contributed by atoms with E-state index in [9.17, 15) is 26.4 Å². The minimum absolute atomic E-state index is 0.0644. The summed E-state index contributed by atoms with van der Waals surface area (Å²) in [4.78, 5) is 13.1. The third-order valence-corrected chi connectivity index (χ3v) is 6.61. The van der Waals surface area contributed by atoms with Crippen LogP contribution in [0.1, 0.15) is 38.1 Å². The van der Waals surface area contributed by atoms with Gasteiger partial charge in [0.15, 0.2) is 5.75 Å². The Morgan fingerprint density at radius 1 is 0.943 bits per heavy atom. The number of thiophene rings is 1. The summed E-state index contributed by atoms with van der Waals surface area (Å²) < 4.78 is 83.8. The van der Waals surface area contributed by atoms with Gasteiger partial charge in [0.05, 0.1) is 35.1 Å². The molecule has 0 fully saturated rings. The fourth-order valence-corrected chi connectivity index (χ4v) is 4.90. The zero-order valence-corrected chi connectivity index (χ0v) is 21.1. The quantitative estimate of drug-likeness (QED) is 0.195. The summed E-state index contributed by atoms with van der Waals surface area (Å²) >= 11 is 1.05. The maximum absolute atomic E-state index is 13.1. The number of esters is 1. The van der Waals surface area contributed by atoms with Crippen LogP contribution < -0.4 is 13.7 Å². The highest BCUT2D eigenvalue weighted by molar-refractivity contribution is 7.88. The lowest BCUT2D eigenvalue weighted by atomic mass is 10.0. The zero-order chi connectivity index (χ0) is 26.1. The van der Waals surface area contributed by atoms with E-state index in [0.29, 0.717) is 16.2 Å². The van der Waals surface area contributed by atoms with Crippen molar-refractivity contribution in [2.24, 2.45) is 0 Å². The first kappa shape index (κ1) is 26.6. The zero-order valence-electron chi connectivity index (χ0n) is 19.4. The van der Waals surface area contributed by atoms with E-state index in [0.717, 1.165) is 24.5 Å². The molecule has 0 saturated carbocycles. The molecular weight excluding hydrogens is 509 g/mol. The minimum Gasteiger partial charge on any atom is -0.491 e. The van der Waals surface area contributed by atoms with Gasteiger partial charge in [-0.15, -0.1) is 11.3 Å². The average molecular weight is 533 g/mol. The molecule has 2 aromatic carbocycles. The predicted octanol–water partition coefficient (Wildman–Crippen LogP) is 6.16. The molecule has 190 valence electrons. The van der Waals surface area contributed by atoms with Crippen LogP contribution >= 0.6 is 11.3 Å². The van der Waals surface area contributed by atoms with Crippen molar-refractivity contribution in [2.75, 3.05) is 7.11 Å². The molecule has 1 aromatic heterocycles. The van der Waals surface area contributed by atoms with E-state index in [2.05, 4.69) is 4.18 Å². The SMILES string of the molecule is COC(=O)c1c(-c2ccc(OC(C)C)cc2)sc2cc(OC(C)C)cc(OS(=O)(=O)C(F)(F)F)c12. The molecule has 3 aromatic rings. The van der Waals surface area contributed by atoms with Crippen molar-refractivity contribution in [3.05, 3.63) is 42.0 Å². The highest BCUT2D eigenvalue weighted by Crippen LogP contribution is 2.46. The van der Waals surface area contributed by atoms with Crippen LogP contribution in [0.25, 0.3) is 20.5 Å². The van der Waals surface area contributed by atoms with Gasteiger partial charge >= 0.3 is 21.6 Å². The van der Waals surface area contributed by atoms with Gasteiger partial charge in [-0.25, -0.2) is 4.79 Å². The molecule has 0 saturated heterocycles. The molecule has 1 heterocycles. The number of alkyl halides is 3. The number of halogens is 3. The molecule has 12 heteroatoms. The van der Waals surface area contributed by atoms with Gasteiger partial charge in [0, 0.05) is 10.8 Å². The molecule has 0 bridgehead atoms. The lowest BCUT2D eigenvalue weighted by Gasteiger charge is -2.14. The Balaban J connectivity index is 2.29. The largest absolute Gasteiger partial charge is 0.534 e. The molecule has 7 nitrogen and oxygen atoms in total. The third kappa shape index (κ3) is 5.81. The standard InChI is InChI=1S/C23H23F3O7S2/c1-12(2)31-15-8-6-14(7-9-15)21-20(22(27)30-5)19-17(33-35(28,29)23(24,25)26)10-16(32-13(3)4)11-18(19)34-21/h6-13H,1-5H3. The molecule has 0 amide bonds. The van der Waals surface area contributed by atoms with Crippen LogP contribution in [0.4, 0.5) is 13.2 Å². The Morgan fingerprint density at radius 2 is 1.51 bits per heavy atom. The third-order valence-electron chi connectivity index (χ3n) is 4.46. The van der Waals surface area contributed by atoms with Gasteiger partial charge in [0.1, 0.15) is 11.5 Å². The predicted molar refractivity (Wildman–Crippen MR) is 126 cm³/mol. The van der Waals surface area contributed by atoms with Crippen molar-refractivity contribution < 1.29 is 44.8 Å². The van der Waals surface area contributed by atoms with Crippen molar-refractivity contribution in [2.45, 2.75) is 45.4 Å².